The van der Waals surface area contributed by atoms with Gasteiger partial charge in [0.15, 0.2) is 0 Å². The van der Waals surface area contributed by atoms with Crippen LogP contribution in [-0.2, 0) is 0 Å². The summed E-state index contributed by atoms with van der Waals surface area (Å²) in [6, 6.07) is 9.28. The minimum absolute atomic E-state index is 0.399. The van der Waals surface area contributed by atoms with Gasteiger partial charge in [-0.05, 0) is 37.5 Å². The number of benzene rings is 1. The van der Waals surface area contributed by atoms with E-state index >= 15 is 0 Å². The average molecular weight is 310 g/mol. The van der Waals surface area contributed by atoms with Crippen molar-refractivity contribution in [3.63, 3.8) is 0 Å². The molecule has 0 aliphatic heterocycles. The summed E-state index contributed by atoms with van der Waals surface area (Å²) in [6.07, 6.45) is 10.6. The van der Waals surface area contributed by atoms with E-state index in [1.165, 1.54) is 56.9 Å². The average Bonchev–Trinajstić information content (AvgIpc) is 2.48. The van der Waals surface area contributed by atoms with Gasteiger partial charge in [-0.15, -0.1) is 0 Å². The number of rotatable bonds is 11. The molecule has 1 rings (SSSR count). The summed E-state index contributed by atoms with van der Waals surface area (Å²) in [5.74, 6) is 0. The van der Waals surface area contributed by atoms with Crippen molar-refractivity contribution in [3.05, 3.63) is 34.9 Å². The Labute approximate surface area is 136 Å². The maximum absolute atomic E-state index is 5.97. The Morgan fingerprint density at radius 2 is 1.43 bits per heavy atom. The summed E-state index contributed by atoms with van der Waals surface area (Å²) >= 11 is 5.97. The van der Waals surface area contributed by atoms with Crippen LogP contribution >= 0.6 is 11.6 Å². The predicted molar refractivity (Wildman–Crippen MR) is 95.1 cm³/mol. The molecule has 0 fully saturated rings. The molecule has 1 atom stereocenters. The minimum Gasteiger partial charge on any atom is -0.307 e. The zero-order valence-corrected chi connectivity index (χ0v) is 14.8. The van der Waals surface area contributed by atoms with E-state index in [9.17, 15) is 0 Å². The van der Waals surface area contributed by atoms with Crippen molar-refractivity contribution in [3.8, 4) is 0 Å². The summed E-state index contributed by atoms with van der Waals surface area (Å²) in [7, 11) is 0. The molecule has 0 bridgehead atoms. The van der Waals surface area contributed by atoms with Crippen LogP contribution < -0.4 is 5.32 Å². The standard InChI is InChI=1S/C19H32ClN/c1-4-6-8-10-19(11-9-7-5-2)21-16(3)17-12-14-18(20)15-13-17/h12-16,19,21H,4-11H2,1-3H3/t16-/m1/s1. The molecule has 1 aromatic carbocycles. The quantitative estimate of drug-likeness (QED) is 0.459. The van der Waals surface area contributed by atoms with E-state index in [0.717, 1.165) is 5.02 Å². The van der Waals surface area contributed by atoms with Gasteiger partial charge < -0.3 is 5.32 Å². The van der Waals surface area contributed by atoms with E-state index in [2.05, 4.69) is 38.2 Å². The van der Waals surface area contributed by atoms with Gasteiger partial charge in [0.2, 0.25) is 0 Å². The third kappa shape index (κ3) is 7.87. The largest absolute Gasteiger partial charge is 0.307 e. The maximum Gasteiger partial charge on any atom is 0.0406 e. The van der Waals surface area contributed by atoms with Crippen LogP contribution in [0.2, 0.25) is 5.02 Å². The summed E-state index contributed by atoms with van der Waals surface area (Å²) < 4.78 is 0. The first-order valence-corrected chi connectivity index (χ1v) is 9.06. The van der Waals surface area contributed by atoms with Gasteiger partial charge in [-0.25, -0.2) is 0 Å². The van der Waals surface area contributed by atoms with Crippen LogP contribution in [-0.4, -0.2) is 6.04 Å². The number of hydrogen-bond donors (Lipinski definition) is 1. The highest BCUT2D eigenvalue weighted by Crippen LogP contribution is 2.19. The first-order chi connectivity index (χ1) is 10.2. The van der Waals surface area contributed by atoms with Crippen molar-refractivity contribution in [2.75, 3.05) is 0 Å². The van der Waals surface area contributed by atoms with Crippen molar-refractivity contribution in [1.29, 1.82) is 0 Å². The lowest BCUT2D eigenvalue weighted by molar-refractivity contribution is 0.384. The van der Waals surface area contributed by atoms with E-state index in [0.29, 0.717) is 12.1 Å². The fraction of sp³-hybridized carbons (Fsp3) is 0.684. The lowest BCUT2D eigenvalue weighted by atomic mass is 9.99. The predicted octanol–water partition coefficient (Wildman–Crippen LogP) is 6.52. The molecule has 0 aliphatic rings. The normalized spacial score (nSPS) is 12.8. The van der Waals surface area contributed by atoms with Gasteiger partial charge in [-0.2, -0.15) is 0 Å². The summed E-state index contributed by atoms with van der Waals surface area (Å²) in [4.78, 5) is 0. The summed E-state index contributed by atoms with van der Waals surface area (Å²) in [5, 5.41) is 4.64. The summed E-state index contributed by atoms with van der Waals surface area (Å²) in [5.41, 5.74) is 1.33. The molecule has 21 heavy (non-hydrogen) atoms. The molecule has 1 nitrogen and oxygen atoms in total. The second kappa shape index (κ2) is 11.1. The molecular formula is C19H32ClN. The Morgan fingerprint density at radius 3 is 1.90 bits per heavy atom. The molecule has 0 amide bonds. The topological polar surface area (TPSA) is 12.0 Å². The Hall–Kier alpha value is -0.530. The first-order valence-electron chi connectivity index (χ1n) is 8.68. The zero-order chi connectivity index (χ0) is 15.5. The van der Waals surface area contributed by atoms with Crippen LogP contribution in [0.1, 0.15) is 83.7 Å². The second-order valence-corrected chi connectivity index (χ2v) is 6.56. The van der Waals surface area contributed by atoms with E-state index < -0.39 is 0 Å². The molecular weight excluding hydrogens is 278 g/mol. The van der Waals surface area contributed by atoms with Gasteiger partial charge in [0.1, 0.15) is 0 Å². The van der Waals surface area contributed by atoms with Crippen LogP contribution in [0.15, 0.2) is 24.3 Å². The highest BCUT2D eigenvalue weighted by atomic mass is 35.5. The van der Waals surface area contributed by atoms with Crippen LogP contribution in [0.3, 0.4) is 0 Å². The molecule has 0 radical (unpaired) electrons. The number of nitrogens with one attached hydrogen (secondary N) is 1. The number of unbranched alkanes of at least 4 members (excludes halogenated alkanes) is 4. The van der Waals surface area contributed by atoms with Gasteiger partial charge in [0.05, 0.1) is 0 Å². The van der Waals surface area contributed by atoms with Crippen LogP contribution in [0, 0.1) is 0 Å². The van der Waals surface area contributed by atoms with Crippen LogP contribution in [0.4, 0.5) is 0 Å². The molecule has 120 valence electrons. The Morgan fingerprint density at radius 1 is 0.905 bits per heavy atom. The van der Waals surface area contributed by atoms with Crippen molar-refractivity contribution < 1.29 is 0 Å². The third-order valence-electron chi connectivity index (χ3n) is 4.17. The van der Waals surface area contributed by atoms with Crippen molar-refractivity contribution in [1.82, 2.24) is 5.32 Å². The van der Waals surface area contributed by atoms with Gasteiger partial charge in [-0.3, -0.25) is 0 Å². The third-order valence-corrected chi connectivity index (χ3v) is 4.42. The highest BCUT2D eigenvalue weighted by molar-refractivity contribution is 6.30. The molecule has 0 heterocycles. The summed E-state index contributed by atoms with van der Waals surface area (Å²) in [6.45, 7) is 6.81. The molecule has 0 aromatic heterocycles. The Bertz CT molecular complexity index is 350. The lowest BCUT2D eigenvalue weighted by Gasteiger charge is -2.24. The zero-order valence-electron chi connectivity index (χ0n) is 14.0. The van der Waals surface area contributed by atoms with E-state index in [1.807, 2.05) is 12.1 Å². The number of halogens is 1. The number of hydrogen-bond acceptors (Lipinski definition) is 1. The maximum atomic E-state index is 5.97. The van der Waals surface area contributed by atoms with E-state index in [4.69, 9.17) is 11.6 Å². The fourth-order valence-electron chi connectivity index (χ4n) is 2.79. The van der Waals surface area contributed by atoms with Gasteiger partial charge in [0, 0.05) is 17.1 Å². The smallest absolute Gasteiger partial charge is 0.0406 e. The second-order valence-electron chi connectivity index (χ2n) is 6.13. The lowest BCUT2D eigenvalue weighted by Crippen LogP contribution is -2.31. The Balaban J connectivity index is 2.49. The van der Waals surface area contributed by atoms with Crippen molar-refractivity contribution >= 4 is 11.6 Å². The SMILES string of the molecule is CCCCCC(CCCCC)N[C@H](C)c1ccc(Cl)cc1. The van der Waals surface area contributed by atoms with Crippen molar-refractivity contribution in [2.45, 2.75) is 84.2 Å². The molecule has 0 unspecified atom stereocenters. The van der Waals surface area contributed by atoms with Crippen LogP contribution in [0.25, 0.3) is 0 Å². The van der Waals surface area contributed by atoms with Crippen molar-refractivity contribution in [2.24, 2.45) is 0 Å². The van der Waals surface area contributed by atoms with Gasteiger partial charge >= 0.3 is 0 Å². The Kier molecular flexibility index (Phi) is 9.78. The van der Waals surface area contributed by atoms with Gasteiger partial charge in [0.25, 0.3) is 0 Å². The molecule has 0 saturated carbocycles. The molecule has 1 aromatic rings. The van der Waals surface area contributed by atoms with E-state index in [-0.39, 0.29) is 0 Å². The fourth-order valence-corrected chi connectivity index (χ4v) is 2.92. The first kappa shape index (κ1) is 18.5. The highest BCUT2D eigenvalue weighted by Gasteiger charge is 2.13. The molecule has 2 heteroatoms. The monoisotopic (exact) mass is 309 g/mol. The molecule has 0 saturated heterocycles. The van der Waals surface area contributed by atoms with E-state index in [1.54, 1.807) is 0 Å². The van der Waals surface area contributed by atoms with Gasteiger partial charge in [-0.1, -0.05) is 76.1 Å². The van der Waals surface area contributed by atoms with Crippen LogP contribution in [0.5, 0.6) is 0 Å². The minimum atomic E-state index is 0.399. The molecule has 0 aliphatic carbocycles. The molecule has 1 N–H and O–H groups in total. The molecule has 0 spiro atoms.